The van der Waals surface area contributed by atoms with Gasteiger partial charge < -0.3 is 4.74 Å². The van der Waals surface area contributed by atoms with Crippen molar-refractivity contribution in [3.05, 3.63) is 40.9 Å². The Morgan fingerprint density at radius 1 is 1.26 bits per heavy atom. The van der Waals surface area contributed by atoms with E-state index >= 15 is 0 Å². The number of hydrogen-bond acceptors (Lipinski definition) is 7. The smallest absolute Gasteiger partial charge is 0.257 e. The van der Waals surface area contributed by atoms with Crippen molar-refractivity contribution >= 4 is 22.4 Å². The molecular weight excluding hydrogens is 362 g/mol. The SMILES string of the molecule is O=C(Nc1nncs1)c1cccc(CN2CCN(C[C@H]3CCCO3)CC2)c1. The molecule has 7 nitrogen and oxygen atoms in total. The van der Waals surface area contributed by atoms with Crippen LogP contribution in [0, 0.1) is 0 Å². The van der Waals surface area contributed by atoms with Crippen LogP contribution in [0.25, 0.3) is 0 Å². The van der Waals surface area contributed by atoms with Crippen LogP contribution >= 0.6 is 11.3 Å². The van der Waals surface area contributed by atoms with E-state index in [1.54, 1.807) is 5.51 Å². The first-order valence-corrected chi connectivity index (χ1v) is 10.4. The second-order valence-electron chi connectivity index (χ2n) is 7.11. The summed E-state index contributed by atoms with van der Waals surface area (Å²) in [6.07, 6.45) is 2.83. The van der Waals surface area contributed by atoms with Gasteiger partial charge in [-0.25, -0.2) is 0 Å². The van der Waals surface area contributed by atoms with Gasteiger partial charge in [-0.15, -0.1) is 10.2 Å². The summed E-state index contributed by atoms with van der Waals surface area (Å²) < 4.78 is 5.75. The minimum atomic E-state index is -0.144. The van der Waals surface area contributed by atoms with Gasteiger partial charge in [0, 0.05) is 51.4 Å². The Bertz CT molecular complexity index is 740. The van der Waals surface area contributed by atoms with Crippen LogP contribution in [0.3, 0.4) is 0 Å². The molecule has 0 aliphatic carbocycles. The number of aromatic nitrogens is 2. The number of rotatable bonds is 6. The van der Waals surface area contributed by atoms with E-state index in [1.807, 2.05) is 18.2 Å². The van der Waals surface area contributed by atoms with Gasteiger partial charge in [0.25, 0.3) is 5.91 Å². The number of hydrogen-bond donors (Lipinski definition) is 1. The molecule has 0 spiro atoms. The van der Waals surface area contributed by atoms with Crippen molar-refractivity contribution in [1.29, 1.82) is 0 Å². The molecule has 2 aliphatic rings. The van der Waals surface area contributed by atoms with Crippen LogP contribution in [0.5, 0.6) is 0 Å². The van der Waals surface area contributed by atoms with Gasteiger partial charge in [-0.1, -0.05) is 23.5 Å². The van der Waals surface area contributed by atoms with Crippen LogP contribution < -0.4 is 5.32 Å². The Balaban J connectivity index is 1.28. The molecule has 1 N–H and O–H groups in total. The number of carbonyl (C=O) groups excluding carboxylic acids is 1. The van der Waals surface area contributed by atoms with Crippen LogP contribution in [-0.4, -0.2) is 71.3 Å². The van der Waals surface area contributed by atoms with Crippen LogP contribution in [0.15, 0.2) is 29.8 Å². The highest BCUT2D eigenvalue weighted by molar-refractivity contribution is 7.13. The quantitative estimate of drug-likeness (QED) is 0.818. The predicted octanol–water partition coefficient (Wildman–Crippen LogP) is 2.09. The second kappa shape index (κ2) is 8.88. The molecule has 2 saturated heterocycles. The molecule has 0 bridgehead atoms. The van der Waals surface area contributed by atoms with E-state index in [0.717, 1.165) is 51.4 Å². The third kappa shape index (κ3) is 5.10. The Hall–Kier alpha value is -1.87. The molecule has 27 heavy (non-hydrogen) atoms. The van der Waals surface area contributed by atoms with E-state index in [1.165, 1.54) is 24.2 Å². The lowest BCUT2D eigenvalue weighted by molar-refractivity contribution is 0.0489. The largest absolute Gasteiger partial charge is 0.377 e. The summed E-state index contributed by atoms with van der Waals surface area (Å²) in [5.74, 6) is -0.144. The zero-order valence-electron chi connectivity index (χ0n) is 15.3. The third-order valence-corrected chi connectivity index (χ3v) is 5.73. The van der Waals surface area contributed by atoms with Crippen molar-refractivity contribution in [2.45, 2.75) is 25.5 Å². The normalized spacial score (nSPS) is 21.4. The van der Waals surface area contributed by atoms with Crippen molar-refractivity contribution in [2.24, 2.45) is 0 Å². The minimum Gasteiger partial charge on any atom is -0.377 e. The summed E-state index contributed by atoms with van der Waals surface area (Å²) in [5.41, 5.74) is 3.41. The summed E-state index contributed by atoms with van der Waals surface area (Å²) in [7, 11) is 0. The lowest BCUT2D eigenvalue weighted by Gasteiger charge is -2.35. The first kappa shape index (κ1) is 18.5. The van der Waals surface area contributed by atoms with Gasteiger partial charge in [-0.3, -0.25) is 19.9 Å². The van der Waals surface area contributed by atoms with E-state index in [4.69, 9.17) is 4.74 Å². The van der Waals surface area contributed by atoms with Crippen LogP contribution in [0.2, 0.25) is 0 Å². The van der Waals surface area contributed by atoms with Gasteiger partial charge in [-0.05, 0) is 30.5 Å². The molecular formula is C19H25N5O2S. The maximum absolute atomic E-state index is 12.4. The number of piperazine rings is 1. The molecule has 3 heterocycles. The number of anilines is 1. The Morgan fingerprint density at radius 3 is 2.85 bits per heavy atom. The molecule has 2 fully saturated rings. The van der Waals surface area contributed by atoms with Gasteiger partial charge >= 0.3 is 0 Å². The number of nitrogens with zero attached hydrogens (tertiary/aromatic N) is 4. The highest BCUT2D eigenvalue weighted by Gasteiger charge is 2.23. The summed E-state index contributed by atoms with van der Waals surface area (Å²) in [5, 5.41) is 10.9. The number of nitrogens with one attached hydrogen (secondary N) is 1. The Labute approximate surface area is 163 Å². The number of carbonyl (C=O) groups is 1. The molecule has 0 radical (unpaired) electrons. The molecule has 4 rings (SSSR count). The lowest BCUT2D eigenvalue weighted by Crippen LogP contribution is -2.48. The molecule has 0 unspecified atom stereocenters. The standard InChI is InChI=1S/C19H25N5O2S/c25-18(21-19-22-20-14-27-19)16-4-1-3-15(11-16)12-23-6-8-24(9-7-23)13-17-5-2-10-26-17/h1,3-4,11,14,17H,2,5-10,12-13H2,(H,21,22,25)/t17-/m1/s1. The van der Waals surface area contributed by atoms with Gasteiger partial charge in [0.2, 0.25) is 5.13 Å². The fourth-order valence-electron chi connectivity index (χ4n) is 3.67. The predicted molar refractivity (Wildman–Crippen MR) is 105 cm³/mol. The highest BCUT2D eigenvalue weighted by Crippen LogP contribution is 2.16. The van der Waals surface area contributed by atoms with E-state index in [2.05, 4.69) is 31.4 Å². The van der Waals surface area contributed by atoms with Crippen molar-refractivity contribution < 1.29 is 9.53 Å². The zero-order valence-corrected chi connectivity index (χ0v) is 16.2. The molecule has 1 aromatic carbocycles. The van der Waals surface area contributed by atoms with Gasteiger partial charge in [0.1, 0.15) is 5.51 Å². The average Bonchev–Trinajstić information content (AvgIpc) is 3.38. The van der Waals surface area contributed by atoms with Crippen molar-refractivity contribution in [1.82, 2.24) is 20.0 Å². The summed E-state index contributed by atoms with van der Waals surface area (Å²) in [4.78, 5) is 17.3. The van der Waals surface area contributed by atoms with Crippen molar-refractivity contribution in [3.63, 3.8) is 0 Å². The molecule has 0 saturated carbocycles. The molecule has 1 aromatic heterocycles. The van der Waals surface area contributed by atoms with Crippen LogP contribution in [0.4, 0.5) is 5.13 Å². The fourth-order valence-corrected chi connectivity index (χ4v) is 4.11. The molecule has 1 amide bonds. The second-order valence-corrected chi connectivity index (χ2v) is 7.94. The summed E-state index contributed by atoms with van der Waals surface area (Å²) in [6, 6.07) is 7.83. The fraction of sp³-hybridized carbons (Fsp3) is 0.526. The minimum absolute atomic E-state index is 0.144. The van der Waals surface area contributed by atoms with Crippen LogP contribution in [0.1, 0.15) is 28.8 Å². The van der Waals surface area contributed by atoms with E-state index in [9.17, 15) is 4.79 Å². The Kier molecular flexibility index (Phi) is 6.08. The van der Waals surface area contributed by atoms with Crippen molar-refractivity contribution in [2.75, 3.05) is 44.6 Å². The molecule has 144 valence electrons. The molecule has 1 atom stereocenters. The first-order valence-electron chi connectivity index (χ1n) is 9.49. The lowest BCUT2D eigenvalue weighted by atomic mass is 10.1. The maximum atomic E-state index is 12.4. The Morgan fingerprint density at radius 2 is 2.11 bits per heavy atom. The van der Waals surface area contributed by atoms with Crippen LogP contribution in [-0.2, 0) is 11.3 Å². The topological polar surface area (TPSA) is 70.6 Å². The van der Waals surface area contributed by atoms with Gasteiger partial charge in [-0.2, -0.15) is 0 Å². The molecule has 2 aliphatic heterocycles. The van der Waals surface area contributed by atoms with E-state index in [-0.39, 0.29) is 5.91 Å². The first-order chi connectivity index (χ1) is 13.3. The molecule has 2 aromatic rings. The summed E-state index contributed by atoms with van der Waals surface area (Å²) >= 11 is 1.31. The number of amides is 1. The van der Waals surface area contributed by atoms with Gasteiger partial charge in [0.05, 0.1) is 6.10 Å². The average molecular weight is 388 g/mol. The molecule has 8 heteroatoms. The highest BCUT2D eigenvalue weighted by atomic mass is 32.1. The number of benzene rings is 1. The van der Waals surface area contributed by atoms with Gasteiger partial charge in [0.15, 0.2) is 0 Å². The third-order valence-electron chi connectivity index (χ3n) is 5.13. The maximum Gasteiger partial charge on any atom is 0.257 e. The van der Waals surface area contributed by atoms with Crippen molar-refractivity contribution in [3.8, 4) is 0 Å². The number of ether oxygens (including phenoxy) is 1. The monoisotopic (exact) mass is 387 g/mol. The van der Waals surface area contributed by atoms with E-state index in [0.29, 0.717) is 16.8 Å². The summed E-state index contributed by atoms with van der Waals surface area (Å²) in [6.45, 7) is 7.12. The van der Waals surface area contributed by atoms with E-state index < -0.39 is 0 Å². The zero-order chi connectivity index (χ0) is 18.5.